The highest BCUT2D eigenvalue weighted by atomic mass is 19.1. The van der Waals surface area contributed by atoms with Crippen LogP contribution in [0.25, 0.3) is 11.1 Å². The summed E-state index contributed by atoms with van der Waals surface area (Å²) in [6.07, 6.45) is 3.75. The molecule has 0 bridgehead atoms. The Bertz CT molecular complexity index is 1190. The Hall–Kier alpha value is -3.23. The minimum absolute atomic E-state index is 0.00870. The Morgan fingerprint density at radius 3 is 2.43 bits per heavy atom. The fourth-order valence-electron chi connectivity index (χ4n) is 4.93. The predicted molar refractivity (Wildman–Crippen MR) is 139 cm³/mol. The van der Waals surface area contributed by atoms with Crippen LogP contribution in [0.5, 0.6) is 0 Å². The zero-order chi connectivity index (χ0) is 27.1. The monoisotopic (exact) mass is 514 g/mol. The van der Waals surface area contributed by atoms with Crippen LogP contribution >= 0.6 is 0 Å². The maximum atomic E-state index is 14.3. The van der Waals surface area contributed by atoms with Crippen molar-refractivity contribution in [3.63, 3.8) is 0 Å². The molecular formula is C28H36F2N4O3. The molecule has 1 aliphatic heterocycles. The van der Waals surface area contributed by atoms with Crippen molar-refractivity contribution in [2.75, 3.05) is 18.0 Å². The molecule has 2 aliphatic rings. The number of alkyl carbamates (subject to hydrolysis) is 1. The second-order valence-corrected chi connectivity index (χ2v) is 11.6. The van der Waals surface area contributed by atoms with E-state index in [1.165, 1.54) is 18.3 Å². The smallest absolute Gasteiger partial charge is 0.408 e. The molecule has 2 atom stereocenters. The lowest BCUT2D eigenvalue weighted by molar-refractivity contribution is 0.0473. The third-order valence-corrected chi connectivity index (χ3v) is 6.92. The maximum absolute atomic E-state index is 14.3. The van der Waals surface area contributed by atoms with Gasteiger partial charge in [0.1, 0.15) is 17.2 Å². The Morgan fingerprint density at radius 2 is 1.84 bits per heavy atom. The average molecular weight is 515 g/mol. The number of anilines is 1. The molecule has 9 heteroatoms. The van der Waals surface area contributed by atoms with Crippen LogP contribution in [-0.2, 0) is 4.74 Å². The van der Waals surface area contributed by atoms with Crippen LogP contribution in [0.1, 0.15) is 69.9 Å². The number of amides is 2. The SMILES string of the molecule is Cc1ncc(C(=O)N[C@@H](C)C2CC2)c(N2CC[C@](C)(NC(=O)OC(C)(C)C)C2)c1-c1cc(F)cc(F)c1. The van der Waals surface area contributed by atoms with Crippen LogP contribution in [0.15, 0.2) is 24.4 Å². The second-order valence-electron chi connectivity index (χ2n) is 11.6. The standard InChI is InChI=1S/C28H36F2N4O3/c1-16(18-7-8-18)32-25(35)22-14-31-17(2)23(19-11-20(29)13-21(30)12-19)24(22)34-10-9-28(6,15-34)33-26(36)37-27(3,4)5/h11-14,16,18H,7-10,15H2,1-6H3,(H,32,35)(H,33,36)/t16-,28-/m0/s1. The Kier molecular flexibility index (Phi) is 7.18. The number of carbonyl (C=O) groups excluding carboxylic acids is 2. The van der Waals surface area contributed by atoms with Gasteiger partial charge < -0.3 is 20.3 Å². The fraction of sp³-hybridized carbons (Fsp3) is 0.536. The van der Waals surface area contributed by atoms with Gasteiger partial charge >= 0.3 is 6.09 Å². The number of benzene rings is 1. The van der Waals surface area contributed by atoms with Gasteiger partial charge in [0, 0.05) is 42.7 Å². The van der Waals surface area contributed by atoms with Gasteiger partial charge in [-0.3, -0.25) is 9.78 Å². The lowest BCUT2D eigenvalue weighted by atomic mass is 9.97. The van der Waals surface area contributed by atoms with Crippen LogP contribution in [0.3, 0.4) is 0 Å². The van der Waals surface area contributed by atoms with Crippen molar-refractivity contribution < 1.29 is 23.1 Å². The van der Waals surface area contributed by atoms with Gasteiger partial charge in [0.2, 0.25) is 0 Å². The second kappa shape index (κ2) is 9.91. The molecule has 1 aromatic heterocycles. The van der Waals surface area contributed by atoms with Crippen molar-refractivity contribution in [1.29, 1.82) is 0 Å². The molecule has 2 amide bonds. The minimum Gasteiger partial charge on any atom is -0.444 e. The zero-order valence-corrected chi connectivity index (χ0v) is 22.4. The number of rotatable bonds is 6. The number of nitrogens with zero attached hydrogens (tertiary/aromatic N) is 2. The number of ether oxygens (including phenoxy) is 1. The average Bonchev–Trinajstić information content (AvgIpc) is 3.54. The van der Waals surface area contributed by atoms with Crippen molar-refractivity contribution in [3.05, 3.63) is 47.3 Å². The highest BCUT2D eigenvalue weighted by Crippen LogP contribution is 2.40. The molecule has 2 fully saturated rings. The van der Waals surface area contributed by atoms with Crippen LogP contribution in [0.4, 0.5) is 19.3 Å². The quantitative estimate of drug-likeness (QED) is 0.543. The number of halogens is 2. The van der Waals surface area contributed by atoms with Gasteiger partial charge in [0.15, 0.2) is 0 Å². The van der Waals surface area contributed by atoms with E-state index >= 15 is 0 Å². The molecule has 2 aromatic rings. The summed E-state index contributed by atoms with van der Waals surface area (Å²) in [6, 6.07) is 3.32. The molecular weight excluding hydrogens is 478 g/mol. The van der Waals surface area contributed by atoms with E-state index in [4.69, 9.17) is 4.74 Å². The topological polar surface area (TPSA) is 83.6 Å². The van der Waals surface area contributed by atoms with Crippen molar-refractivity contribution in [2.24, 2.45) is 5.92 Å². The van der Waals surface area contributed by atoms with Gasteiger partial charge in [-0.25, -0.2) is 13.6 Å². The molecule has 4 rings (SSSR count). The molecule has 1 saturated carbocycles. The summed E-state index contributed by atoms with van der Waals surface area (Å²) in [6.45, 7) is 11.9. The summed E-state index contributed by atoms with van der Waals surface area (Å²) in [5.41, 5.74) is 0.938. The Balaban J connectivity index is 1.74. The number of aromatic nitrogens is 1. The van der Waals surface area contributed by atoms with Gasteiger partial charge in [0.05, 0.1) is 16.8 Å². The van der Waals surface area contributed by atoms with E-state index in [2.05, 4.69) is 15.6 Å². The summed E-state index contributed by atoms with van der Waals surface area (Å²) >= 11 is 0. The van der Waals surface area contributed by atoms with Crippen molar-refractivity contribution in [1.82, 2.24) is 15.6 Å². The molecule has 1 aliphatic carbocycles. The summed E-state index contributed by atoms with van der Waals surface area (Å²) in [4.78, 5) is 32.4. The van der Waals surface area contributed by atoms with E-state index in [0.29, 0.717) is 53.5 Å². The van der Waals surface area contributed by atoms with Crippen LogP contribution < -0.4 is 15.5 Å². The molecule has 1 saturated heterocycles. The molecule has 0 spiro atoms. The van der Waals surface area contributed by atoms with Gasteiger partial charge in [-0.15, -0.1) is 0 Å². The first-order valence-electron chi connectivity index (χ1n) is 12.8. The predicted octanol–water partition coefficient (Wildman–Crippen LogP) is 5.36. The van der Waals surface area contributed by atoms with E-state index in [1.807, 2.05) is 18.7 Å². The number of aryl methyl sites for hydroxylation is 1. The van der Waals surface area contributed by atoms with Gasteiger partial charge in [-0.05, 0) is 84.4 Å². The number of nitrogens with one attached hydrogen (secondary N) is 2. The van der Waals surface area contributed by atoms with Gasteiger partial charge in [-0.2, -0.15) is 0 Å². The molecule has 2 N–H and O–H groups in total. The highest BCUT2D eigenvalue weighted by Gasteiger charge is 2.39. The molecule has 1 aromatic carbocycles. The van der Waals surface area contributed by atoms with Crippen molar-refractivity contribution >= 4 is 17.7 Å². The minimum atomic E-state index is -0.713. The fourth-order valence-corrected chi connectivity index (χ4v) is 4.93. The summed E-state index contributed by atoms with van der Waals surface area (Å²) in [7, 11) is 0. The number of hydrogen-bond donors (Lipinski definition) is 2. The van der Waals surface area contributed by atoms with E-state index in [1.54, 1.807) is 27.7 Å². The first-order valence-corrected chi connectivity index (χ1v) is 12.8. The third kappa shape index (κ3) is 6.37. The lowest BCUT2D eigenvalue weighted by Crippen LogP contribution is -2.49. The molecule has 7 nitrogen and oxygen atoms in total. The Morgan fingerprint density at radius 1 is 1.19 bits per heavy atom. The summed E-state index contributed by atoms with van der Waals surface area (Å²) in [5, 5.41) is 6.05. The first kappa shape index (κ1) is 26.8. The number of carbonyl (C=O) groups is 2. The molecule has 0 unspecified atom stereocenters. The highest BCUT2D eigenvalue weighted by molar-refractivity contribution is 6.04. The zero-order valence-electron chi connectivity index (χ0n) is 22.4. The van der Waals surface area contributed by atoms with Crippen molar-refractivity contribution in [3.8, 4) is 11.1 Å². The Labute approximate surface area is 217 Å². The van der Waals surface area contributed by atoms with Crippen LogP contribution in [0, 0.1) is 24.5 Å². The first-order chi connectivity index (χ1) is 17.2. The summed E-state index contributed by atoms with van der Waals surface area (Å²) < 4.78 is 34.0. The van der Waals surface area contributed by atoms with E-state index in [0.717, 1.165) is 18.9 Å². The third-order valence-electron chi connectivity index (χ3n) is 6.92. The number of pyridine rings is 1. The summed E-state index contributed by atoms with van der Waals surface area (Å²) in [5.74, 6) is -1.25. The van der Waals surface area contributed by atoms with Crippen LogP contribution in [-0.4, -0.2) is 47.3 Å². The normalized spacial score (nSPS) is 20.5. The van der Waals surface area contributed by atoms with Gasteiger partial charge in [0.25, 0.3) is 5.91 Å². The largest absolute Gasteiger partial charge is 0.444 e. The molecule has 2 heterocycles. The number of hydrogen-bond acceptors (Lipinski definition) is 5. The maximum Gasteiger partial charge on any atom is 0.408 e. The van der Waals surface area contributed by atoms with E-state index in [9.17, 15) is 18.4 Å². The lowest BCUT2D eigenvalue weighted by Gasteiger charge is -2.30. The van der Waals surface area contributed by atoms with Crippen molar-refractivity contribution in [2.45, 2.75) is 78.0 Å². The molecule has 37 heavy (non-hydrogen) atoms. The molecule has 200 valence electrons. The van der Waals surface area contributed by atoms with E-state index in [-0.39, 0.29) is 11.9 Å². The van der Waals surface area contributed by atoms with E-state index < -0.39 is 28.9 Å². The van der Waals surface area contributed by atoms with Crippen LogP contribution in [0.2, 0.25) is 0 Å². The van der Waals surface area contributed by atoms with Gasteiger partial charge in [-0.1, -0.05) is 0 Å². The molecule has 0 radical (unpaired) electrons.